The monoisotopic (exact) mass is 385 g/mol. The molecule has 0 aromatic carbocycles. The van der Waals surface area contributed by atoms with Gasteiger partial charge in [-0.25, -0.2) is 0 Å². The van der Waals surface area contributed by atoms with Gasteiger partial charge in [0.25, 0.3) is 5.91 Å². The molecule has 2 aliphatic rings. The van der Waals surface area contributed by atoms with Crippen molar-refractivity contribution in [3.05, 3.63) is 17.3 Å². The summed E-state index contributed by atoms with van der Waals surface area (Å²) < 4.78 is 1.59. The number of carbonyl (C=O) groups excluding carboxylic acids is 2. The molecule has 0 spiro atoms. The van der Waals surface area contributed by atoms with Crippen LogP contribution in [0.25, 0.3) is 11.7 Å². The van der Waals surface area contributed by atoms with Gasteiger partial charge in [0.2, 0.25) is 17.8 Å². The predicted octanol–water partition coefficient (Wildman–Crippen LogP) is 0.557. The number of aromatic nitrogens is 4. The Kier molecular flexibility index (Phi) is 4.71. The first-order chi connectivity index (χ1) is 13.4. The van der Waals surface area contributed by atoms with E-state index in [-0.39, 0.29) is 30.9 Å². The highest BCUT2D eigenvalue weighted by Gasteiger charge is 2.26. The van der Waals surface area contributed by atoms with Crippen LogP contribution in [0.2, 0.25) is 0 Å². The van der Waals surface area contributed by atoms with E-state index in [0.29, 0.717) is 34.7 Å². The van der Waals surface area contributed by atoms with Gasteiger partial charge in [-0.1, -0.05) is 13.8 Å². The summed E-state index contributed by atoms with van der Waals surface area (Å²) in [7, 11) is 0. The third-order valence-electron chi connectivity index (χ3n) is 4.85. The minimum Gasteiger partial charge on any atom is -0.394 e. The summed E-state index contributed by atoms with van der Waals surface area (Å²) in [6, 6.07) is 0.160. The molecule has 2 fully saturated rings. The van der Waals surface area contributed by atoms with Gasteiger partial charge in [-0.3, -0.25) is 14.9 Å². The molecular formula is C18H23N7O3. The Hall–Kier alpha value is -3.01. The Balaban J connectivity index is 1.75. The molecule has 0 bridgehead atoms. The molecule has 3 heterocycles. The molecule has 148 valence electrons. The van der Waals surface area contributed by atoms with Gasteiger partial charge in [0.05, 0.1) is 25.3 Å². The van der Waals surface area contributed by atoms with Crippen molar-refractivity contribution < 1.29 is 14.7 Å². The summed E-state index contributed by atoms with van der Waals surface area (Å²) in [6.45, 7) is 3.95. The van der Waals surface area contributed by atoms with Gasteiger partial charge in [-0.15, -0.1) is 0 Å². The summed E-state index contributed by atoms with van der Waals surface area (Å²) >= 11 is 0. The maximum atomic E-state index is 11.9. The zero-order valence-electron chi connectivity index (χ0n) is 15.8. The molecule has 0 unspecified atom stereocenters. The molecule has 2 aromatic heterocycles. The molecule has 4 N–H and O–H groups in total. The summed E-state index contributed by atoms with van der Waals surface area (Å²) in [5.74, 6) is 0.392. The molecule has 10 heteroatoms. The van der Waals surface area contributed by atoms with Crippen LogP contribution in [0.4, 0.5) is 11.9 Å². The number of carbonyl (C=O) groups is 2. The van der Waals surface area contributed by atoms with E-state index in [1.54, 1.807) is 16.8 Å². The molecule has 1 saturated carbocycles. The molecule has 2 aromatic rings. The number of fused-ring (bicyclic) bond motifs is 1. The van der Waals surface area contributed by atoms with Crippen LogP contribution in [-0.4, -0.2) is 55.2 Å². The number of aliphatic hydroxyl groups is 1. The van der Waals surface area contributed by atoms with Crippen LogP contribution in [0.1, 0.15) is 38.7 Å². The van der Waals surface area contributed by atoms with E-state index in [1.165, 1.54) is 0 Å². The third kappa shape index (κ3) is 3.68. The third-order valence-corrected chi connectivity index (χ3v) is 4.85. The molecule has 1 saturated heterocycles. The van der Waals surface area contributed by atoms with Crippen LogP contribution < -0.4 is 16.0 Å². The predicted molar refractivity (Wildman–Crippen MR) is 103 cm³/mol. The van der Waals surface area contributed by atoms with Gasteiger partial charge in [-0.05, 0) is 24.8 Å². The number of hydrogen-bond acceptors (Lipinski definition) is 8. The van der Waals surface area contributed by atoms with Crippen molar-refractivity contribution in [2.75, 3.05) is 17.2 Å². The lowest BCUT2D eigenvalue weighted by molar-refractivity contribution is -0.124. The summed E-state index contributed by atoms with van der Waals surface area (Å²) in [5.41, 5.74) is 1.51. The van der Waals surface area contributed by atoms with Crippen molar-refractivity contribution in [2.24, 2.45) is 5.92 Å². The number of nitrogens with one attached hydrogen (secondary N) is 3. The van der Waals surface area contributed by atoms with Crippen LogP contribution in [0.3, 0.4) is 0 Å². The molecule has 1 atom stereocenters. The Morgan fingerprint density at radius 3 is 2.75 bits per heavy atom. The van der Waals surface area contributed by atoms with Crippen molar-refractivity contribution >= 4 is 35.4 Å². The largest absolute Gasteiger partial charge is 0.394 e. The summed E-state index contributed by atoms with van der Waals surface area (Å²) in [4.78, 5) is 32.4. The second-order valence-corrected chi connectivity index (χ2v) is 7.53. The zero-order valence-corrected chi connectivity index (χ0v) is 15.8. The SMILES string of the molecule is CC(C)[C@H](CO)Nc1nc(NC2CC2)n2ncc(/C=C3\CC(=O)NC3=O)c2n1. The maximum absolute atomic E-state index is 11.9. The van der Waals surface area contributed by atoms with Crippen molar-refractivity contribution in [2.45, 2.75) is 45.2 Å². The second kappa shape index (κ2) is 7.19. The van der Waals surface area contributed by atoms with Crippen LogP contribution >= 0.6 is 0 Å². The fourth-order valence-corrected chi connectivity index (χ4v) is 2.96. The average molecular weight is 385 g/mol. The van der Waals surface area contributed by atoms with Gasteiger partial charge in [0.1, 0.15) is 0 Å². The van der Waals surface area contributed by atoms with Crippen molar-refractivity contribution in [1.29, 1.82) is 0 Å². The molecule has 28 heavy (non-hydrogen) atoms. The molecule has 4 rings (SSSR count). The van der Waals surface area contributed by atoms with Crippen LogP contribution in [0.15, 0.2) is 11.8 Å². The minimum absolute atomic E-state index is 0.0412. The first-order valence-electron chi connectivity index (χ1n) is 9.39. The first kappa shape index (κ1) is 18.4. The molecule has 2 amide bonds. The van der Waals surface area contributed by atoms with E-state index in [9.17, 15) is 14.7 Å². The normalized spacial score (nSPS) is 19.5. The fourth-order valence-electron chi connectivity index (χ4n) is 2.96. The maximum Gasteiger partial charge on any atom is 0.254 e. The highest BCUT2D eigenvalue weighted by atomic mass is 16.3. The Labute approximate surface area is 161 Å². The number of nitrogens with zero attached hydrogens (tertiary/aromatic N) is 4. The van der Waals surface area contributed by atoms with Crippen molar-refractivity contribution in [3.63, 3.8) is 0 Å². The molecule has 0 radical (unpaired) electrons. The number of anilines is 2. The quantitative estimate of drug-likeness (QED) is 0.401. The van der Waals surface area contributed by atoms with E-state index < -0.39 is 5.91 Å². The molecule has 1 aliphatic heterocycles. The second-order valence-electron chi connectivity index (χ2n) is 7.53. The van der Waals surface area contributed by atoms with Crippen molar-refractivity contribution in [3.8, 4) is 0 Å². The lowest BCUT2D eigenvalue weighted by atomic mass is 10.1. The fraction of sp³-hybridized carbons (Fsp3) is 0.500. The van der Waals surface area contributed by atoms with E-state index >= 15 is 0 Å². The number of aliphatic hydroxyl groups excluding tert-OH is 1. The van der Waals surface area contributed by atoms with Crippen molar-refractivity contribution in [1.82, 2.24) is 24.9 Å². The molecule has 1 aliphatic carbocycles. The topological polar surface area (TPSA) is 134 Å². The van der Waals surface area contributed by atoms with Crippen LogP contribution in [0, 0.1) is 5.92 Å². The summed E-state index contributed by atoms with van der Waals surface area (Å²) in [6.07, 6.45) is 5.41. The zero-order chi connectivity index (χ0) is 19.8. The van der Waals surface area contributed by atoms with Crippen LogP contribution in [-0.2, 0) is 9.59 Å². The van der Waals surface area contributed by atoms with Gasteiger partial charge < -0.3 is 15.7 Å². The minimum atomic E-state index is -0.395. The number of amides is 2. The van der Waals surface area contributed by atoms with Crippen LogP contribution in [0.5, 0.6) is 0 Å². The van der Waals surface area contributed by atoms with Gasteiger partial charge in [-0.2, -0.15) is 19.6 Å². The van der Waals surface area contributed by atoms with Gasteiger partial charge >= 0.3 is 0 Å². The van der Waals surface area contributed by atoms with Gasteiger partial charge in [0, 0.05) is 17.2 Å². The van der Waals surface area contributed by atoms with E-state index in [2.05, 4.69) is 31.0 Å². The molecular weight excluding hydrogens is 362 g/mol. The lowest BCUT2D eigenvalue weighted by Crippen LogP contribution is -2.30. The smallest absolute Gasteiger partial charge is 0.254 e. The number of imide groups is 1. The Morgan fingerprint density at radius 1 is 1.36 bits per heavy atom. The molecule has 10 nitrogen and oxygen atoms in total. The van der Waals surface area contributed by atoms with E-state index in [0.717, 1.165) is 12.8 Å². The summed E-state index contributed by atoms with van der Waals surface area (Å²) in [5, 5.41) is 22.7. The highest BCUT2D eigenvalue weighted by Crippen LogP contribution is 2.26. The Morgan fingerprint density at radius 2 is 2.14 bits per heavy atom. The standard InChI is InChI=1S/C18H23N7O3/c1-9(2)13(8-26)21-17-23-15-11(5-10-6-14(27)22-16(10)28)7-19-25(15)18(24-17)20-12-3-4-12/h5,7,9,12-13,26H,3-4,6,8H2,1-2H3,(H,22,27,28)(H2,20,21,23,24)/b10-5+/t13-/m0/s1. The average Bonchev–Trinajstić information content (AvgIpc) is 3.28. The van der Waals surface area contributed by atoms with E-state index in [1.807, 2.05) is 13.8 Å². The Bertz CT molecular complexity index is 961. The number of rotatable bonds is 7. The van der Waals surface area contributed by atoms with E-state index in [4.69, 9.17) is 0 Å². The number of hydrogen-bond donors (Lipinski definition) is 4. The van der Waals surface area contributed by atoms with Gasteiger partial charge in [0.15, 0.2) is 5.65 Å². The lowest BCUT2D eigenvalue weighted by Gasteiger charge is -2.20. The first-order valence-corrected chi connectivity index (χ1v) is 9.39. The highest BCUT2D eigenvalue weighted by molar-refractivity contribution is 6.15.